The molecule has 0 aliphatic heterocycles. The molecule has 1 atom stereocenters. The number of anilines is 1. The average Bonchev–Trinajstić information content (AvgIpc) is 2.97. The summed E-state index contributed by atoms with van der Waals surface area (Å²) in [7, 11) is -4.26. The number of carbonyl (C=O) groups excluding carboxylic acids is 2. The standard InChI is InChI=1S/C31H38FN3O5S/c1-4-7-21-33-31(37)29(5-2)34(22-24-11-9-8-10-12-24)30(36)23-35(26-15-13-25(32)14-16-26)41(38,39)28-19-17-27(18-20-28)40-6-3/h8-20,29H,4-7,21-23H2,1-3H3,(H,33,37). The third kappa shape index (κ3) is 8.53. The molecule has 3 aromatic carbocycles. The Morgan fingerprint density at radius 1 is 0.927 bits per heavy atom. The number of hydrogen-bond acceptors (Lipinski definition) is 5. The number of unbranched alkanes of at least 4 members (excludes halogenated alkanes) is 1. The first-order chi connectivity index (χ1) is 19.7. The molecule has 0 aromatic heterocycles. The summed E-state index contributed by atoms with van der Waals surface area (Å²) in [6.07, 6.45) is 2.03. The van der Waals surface area contributed by atoms with Crippen molar-refractivity contribution in [3.05, 3.63) is 90.2 Å². The van der Waals surface area contributed by atoms with Crippen LogP contribution in [0.15, 0.2) is 83.8 Å². The minimum absolute atomic E-state index is 0.0583. The summed E-state index contributed by atoms with van der Waals surface area (Å²) in [5.41, 5.74) is 0.914. The monoisotopic (exact) mass is 583 g/mol. The second kappa shape index (κ2) is 15.2. The lowest BCUT2D eigenvalue weighted by molar-refractivity contribution is -0.140. The minimum Gasteiger partial charge on any atom is -0.494 e. The highest BCUT2D eigenvalue weighted by Gasteiger charge is 2.33. The van der Waals surface area contributed by atoms with Crippen molar-refractivity contribution in [1.82, 2.24) is 10.2 Å². The highest BCUT2D eigenvalue weighted by atomic mass is 32.2. The molecular weight excluding hydrogens is 545 g/mol. The summed E-state index contributed by atoms with van der Waals surface area (Å²) in [6.45, 7) is 6.07. The van der Waals surface area contributed by atoms with E-state index in [-0.39, 0.29) is 23.0 Å². The van der Waals surface area contributed by atoms with Crippen LogP contribution in [0.25, 0.3) is 0 Å². The van der Waals surface area contributed by atoms with Crippen LogP contribution < -0.4 is 14.4 Å². The normalized spacial score (nSPS) is 11.9. The van der Waals surface area contributed by atoms with Gasteiger partial charge in [0.2, 0.25) is 11.8 Å². The molecule has 3 aromatic rings. The second-order valence-electron chi connectivity index (χ2n) is 9.47. The Morgan fingerprint density at radius 2 is 1.59 bits per heavy atom. The number of halogens is 1. The molecule has 0 aliphatic rings. The second-order valence-corrected chi connectivity index (χ2v) is 11.3. The number of sulfonamides is 1. The van der Waals surface area contributed by atoms with Crippen molar-refractivity contribution in [2.45, 2.75) is 57.5 Å². The molecule has 0 saturated carbocycles. The number of rotatable bonds is 15. The highest BCUT2D eigenvalue weighted by Crippen LogP contribution is 2.26. The lowest BCUT2D eigenvalue weighted by Gasteiger charge is -2.33. The van der Waals surface area contributed by atoms with E-state index in [0.717, 1.165) is 34.8 Å². The number of nitrogens with one attached hydrogen (secondary N) is 1. The van der Waals surface area contributed by atoms with Crippen molar-refractivity contribution in [1.29, 1.82) is 0 Å². The maximum Gasteiger partial charge on any atom is 0.264 e. The van der Waals surface area contributed by atoms with Crippen LogP contribution in [0.3, 0.4) is 0 Å². The van der Waals surface area contributed by atoms with Gasteiger partial charge in [-0.3, -0.25) is 13.9 Å². The van der Waals surface area contributed by atoms with Crippen LogP contribution in [0.1, 0.15) is 45.6 Å². The van der Waals surface area contributed by atoms with Gasteiger partial charge in [0.25, 0.3) is 10.0 Å². The van der Waals surface area contributed by atoms with E-state index in [4.69, 9.17) is 4.74 Å². The predicted octanol–water partition coefficient (Wildman–Crippen LogP) is 5.14. The maximum absolute atomic E-state index is 14.0. The summed E-state index contributed by atoms with van der Waals surface area (Å²) < 4.78 is 48.0. The molecule has 220 valence electrons. The number of hydrogen-bond donors (Lipinski definition) is 1. The molecule has 1 N–H and O–H groups in total. The fourth-order valence-electron chi connectivity index (χ4n) is 4.34. The SMILES string of the molecule is CCCCNC(=O)C(CC)N(Cc1ccccc1)C(=O)CN(c1ccc(F)cc1)S(=O)(=O)c1ccc(OCC)cc1. The summed E-state index contributed by atoms with van der Waals surface area (Å²) >= 11 is 0. The Bertz CT molecular complexity index is 1370. The molecule has 41 heavy (non-hydrogen) atoms. The van der Waals surface area contributed by atoms with E-state index in [1.807, 2.05) is 51.1 Å². The zero-order valence-corrected chi connectivity index (χ0v) is 24.6. The molecule has 0 fully saturated rings. The van der Waals surface area contributed by atoms with E-state index in [9.17, 15) is 22.4 Å². The van der Waals surface area contributed by atoms with Crippen molar-refractivity contribution in [3.63, 3.8) is 0 Å². The van der Waals surface area contributed by atoms with Gasteiger partial charge < -0.3 is 15.0 Å². The van der Waals surface area contributed by atoms with E-state index in [2.05, 4.69) is 5.32 Å². The quantitative estimate of drug-likeness (QED) is 0.250. The number of benzene rings is 3. The molecule has 0 saturated heterocycles. The topological polar surface area (TPSA) is 96.0 Å². The van der Waals surface area contributed by atoms with Crippen molar-refractivity contribution >= 4 is 27.5 Å². The Hall–Kier alpha value is -3.92. The van der Waals surface area contributed by atoms with Crippen LogP contribution in [-0.4, -0.2) is 50.9 Å². The van der Waals surface area contributed by atoms with Crippen LogP contribution in [0.5, 0.6) is 5.75 Å². The Kier molecular flexibility index (Phi) is 11.7. The van der Waals surface area contributed by atoms with Crippen LogP contribution in [0, 0.1) is 5.82 Å². The first kappa shape index (κ1) is 31.6. The van der Waals surface area contributed by atoms with Crippen molar-refractivity contribution < 1.29 is 27.1 Å². The minimum atomic E-state index is -4.26. The maximum atomic E-state index is 14.0. The van der Waals surface area contributed by atoms with Gasteiger partial charge >= 0.3 is 0 Å². The Labute approximate surface area is 242 Å². The van der Waals surface area contributed by atoms with Gasteiger partial charge in [0.05, 0.1) is 17.2 Å². The molecule has 10 heteroatoms. The number of carbonyl (C=O) groups is 2. The van der Waals surface area contributed by atoms with Crippen LogP contribution >= 0.6 is 0 Å². The molecule has 3 rings (SSSR count). The zero-order chi connectivity index (χ0) is 29.8. The Morgan fingerprint density at radius 3 is 2.17 bits per heavy atom. The molecule has 0 aliphatic carbocycles. The lowest BCUT2D eigenvalue weighted by atomic mass is 10.1. The van der Waals surface area contributed by atoms with Gasteiger partial charge in [0, 0.05) is 13.1 Å². The lowest BCUT2D eigenvalue weighted by Crippen LogP contribution is -2.52. The van der Waals surface area contributed by atoms with Gasteiger partial charge in [0.1, 0.15) is 24.2 Å². The zero-order valence-electron chi connectivity index (χ0n) is 23.8. The summed E-state index contributed by atoms with van der Waals surface area (Å²) in [5.74, 6) is -0.901. The summed E-state index contributed by atoms with van der Waals surface area (Å²) in [5, 5.41) is 2.90. The van der Waals surface area contributed by atoms with Gasteiger partial charge in [-0.15, -0.1) is 0 Å². The molecule has 0 heterocycles. The van der Waals surface area contributed by atoms with Gasteiger partial charge in [0.15, 0.2) is 0 Å². The molecule has 2 amide bonds. The summed E-state index contributed by atoms with van der Waals surface area (Å²) in [4.78, 5) is 28.5. The molecule has 0 radical (unpaired) electrons. The van der Waals surface area contributed by atoms with Gasteiger partial charge in [-0.25, -0.2) is 12.8 Å². The van der Waals surface area contributed by atoms with Gasteiger partial charge in [-0.2, -0.15) is 0 Å². The van der Waals surface area contributed by atoms with E-state index in [1.54, 1.807) is 0 Å². The molecule has 1 unspecified atom stereocenters. The molecule has 8 nitrogen and oxygen atoms in total. The van der Waals surface area contributed by atoms with Crippen LogP contribution in [-0.2, 0) is 26.2 Å². The first-order valence-corrected chi connectivity index (χ1v) is 15.3. The van der Waals surface area contributed by atoms with Crippen molar-refractivity contribution in [2.24, 2.45) is 0 Å². The van der Waals surface area contributed by atoms with E-state index >= 15 is 0 Å². The predicted molar refractivity (Wildman–Crippen MR) is 158 cm³/mol. The van der Waals surface area contributed by atoms with Crippen molar-refractivity contribution in [3.8, 4) is 5.75 Å². The fraction of sp³-hybridized carbons (Fsp3) is 0.355. The van der Waals surface area contributed by atoms with Gasteiger partial charge in [-0.05, 0) is 73.9 Å². The van der Waals surface area contributed by atoms with Gasteiger partial charge in [-0.1, -0.05) is 50.6 Å². The Balaban J connectivity index is 2.00. The van der Waals surface area contributed by atoms with Crippen LogP contribution in [0.4, 0.5) is 10.1 Å². The van der Waals surface area contributed by atoms with E-state index in [1.165, 1.54) is 41.3 Å². The molecule has 0 spiro atoms. The fourth-order valence-corrected chi connectivity index (χ4v) is 5.76. The third-order valence-electron chi connectivity index (χ3n) is 6.53. The number of ether oxygens (including phenoxy) is 1. The molecular formula is C31H38FN3O5S. The number of amides is 2. The van der Waals surface area contributed by atoms with E-state index < -0.39 is 34.3 Å². The van der Waals surface area contributed by atoms with Crippen LogP contribution in [0.2, 0.25) is 0 Å². The average molecular weight is 584 g/mol. The number of nitrogens with zero attached hydrogens (tertiary/aromatic N) is 2. The smallest absolute Gasteiger partial charge is 0.264 e. The summed E-state index contributed by atoms with van der Waals surface area (Å²) in [6, 6.07) is 19.2. The van der Waals surface area contributed by atoms with E-state index in [0.29, 0.717) is 25.3 Å². The van der Waals surface area contributed by atoms with Crippen molar-refractivity contribution in [2.75, 3.05) is 24.0 Å². The third-order valence-corrected chi connectivity index (χ3v) is 8.32. The molecule has 0 bridgehead atoms. The largest absolute Gasteiger partial charge is 0.494 e. The highest BCUT2D eigenvalue weighted by molar-refractivity contribution is 7.92. The first-order valence-electron chi connectivity index (χ1n) is 13.8.